The molecule has 2 heterocycles. The number of nitrogens with one attached hydrogen (secondary N) is 1. The number of rotatable bonds is 5. The SMILES string of the molecule is Cc1nccn1Cc1cn(C[C@@H]2CCC[C@@H]2NC(=O)C#CC2CC2)nn1. The minimum atomic E-state index is -0.135. The van der Waals surface area contributed by atoms with Crippen LogP contribution in [0, 0.1) is 30.6 Å². The van der Waals surface area contributed by atoms with Crippen molar-refractivity contribution in [1.29, 1.82) is 0 Å². The quantitative estimate of drug-likeness (QED) is 0.828. The van der Waals surface area contributed by atoms with E-state index in [0.717, 1.165) is 50.2 Å². The third kappa shape index (κ3) is 4.13. The Morgan fingerprint density at radius 3 is 3.00 bits per heavy atom. The Balaban J connectivity index is 1.33. The van der Waals surface area contributed by atoms with Gasteiger partial charge >= 0.3 is 0 Å². The molecule has 0 bridgehead atoms. The highest BCUT2D eigenvalue weighted by molar-refractivity contribution is 5.93. The van der Waals surface area contributed by atoms with Crippen LogP contribution in [-0.2, 0) is 17.9 Å². The van der Waals surface area contributed by atoms with E-state index in [4.69, 9.17) is 0 Å². The van der Waals surface area contributed by atoms with Gasteiger partial charge in [-0.1, -0.05) is 17.6 Å². The molecule has 2 saturated carbocycles. The summed E-state index contributed by atoms with van der Waals surface area (Å²) in [6.07, 6.45) is 11.2. The van der Waals surface area contributed by atoms with Crippen LogP contribution >= 0.6 is 0 Å². The van der Waals surface area contributed by atoms with Gasteiger partial charge in [-0.25, -0.2) is 4.98 Å². The predicted octanol–water partition coefficient (Wildman–Crippen LogP) is 1.53. The molecule has 2 aliphatic carbocycles. The molecule has 2 aliphatic rings. The Morgan fingerprint density at radius 2 is 2.23 bits per heavy atom. The van der Waals surface area contributed by atoms with Crippen LogP contribution in [-0.4, -0.2) is 36.5 Å². The topological polar surface area (TPSA) is 77.6 Å². The van der Waals surface area contributed by atoms with Crippen LogP contribution in [0.5, 0.6) is 0 Å². The van der Waals surface area contributed by atoms with Crippen molar-refractivity contribution in [2.75, 3.05) is 0 Å². The third-order valence-electron chi connectivity index (χ3n) is 5.21. The van der Waals surface area contributed by atoms with Crippen molar-refractivity contribution in [3.63, 3.8) is 0 Å². The zero-order valence-electron chi connectivity index (χ0n) is 15.1. The molecular formula is C19H24N6O. The van der Waals surface area contributed by atoms with E-state index in [1.165, 1.54) is 0 Å². The summed E-state index contributed by atoms with van der Waals surface area (Å²) in [6, 6.07) is 0.180. The van der Waals surface area contributed by atoms with E-state index in [9.17, 15) is 4.79 Å². The fraction of sp³-hybridized carbons (Fsp3) is 0.579. The summed E-state index contributed by atoms with van der Waals surface area (Å²) in [4.78, 5) is 16.2. The molecule has 2 aromatic heterocycles. The second-order valence-corrected chi connectivity index (χ2v) is 7.35. The van der Waals surface area contributed by atoms with Crippen LogP contribution in [0.2, 0.25) is 0 Å². The van der Waals surface area contributed by atoms with Gasteiger partial charge in [-0.2, -0.15) is 0 Å². The van der Waals surface area contributed by atoms with Gasteiger partial charge in [0.1, 0.15) is 11.5 Å². The standard InChI is InChI=1S/C19H24N6O/c1-14-20-9-10-24(14)12-17-13-25(23-22-17)11-16-3-2-4-18(16)21-19(26)8-7-15-5-6-15/h9-10,13,15-16,18H,2-6,11-12H2,1H3,(H,21,26)/t16-,18-/m0/s1. The molecule has 7 heteroatoms. The lowest BCUT2D eigenvalue weighted by Crippen LogP contribution is -2.38. The number of amides is 1. The van der Waals surface area contributed by atoms with Gasteiger partial charge in [0.15, 0.2) is 0 Å². The fourth-order valence-corrected chi connectivity index (χ4v) is 3.53. The second-order valence-electron chi connectivity index (χ2n) is 7.35. The van der Waals surface area contributed by atoms with Crippen LogP contribution in [0.25, 0.3) is 0 Å². The van der Waals surface area contributed by atoms with Gasteiger partial charge in [-0.15, -0.1) is 5.10 Å². The Hall–Kier alpha value is -2.62. The van der Waals surface area contributed by atoms with Crippen molar-refractivity contribution in [2.24, 2.45) is 11.8 Å². The molecule has 136 valence electrons. The Bertz CT molecular complexity index is 838. The number of imidazole rings is 1. The van der Waals surface area contributed by atoms with E-state index in [1.807, 2.05) is 28.6 Å². The fourth-order valence-electron chi connectivity index (χ4n) is 3.53. The molecule has 0 unspecified atom stereocenters. The predicted molar refractivity (Wildman–Crippen MR) is 95.9 cm³/mol. The minimum absolute atomic E-state index is 0.135. The summed E-state index contributed by atoms with van der Waals surface area (Å²) >= 11 is 0. The van der Waals surface area contributed by atoms with Crippen LogP contribution in [0.3, 0.4) is 0 Å². The van der Waals surface area contributed by atoms with Crippen LogP contribution in [0.4, 0.5) is 0 Å². The monoisotopic (exact) mass is 352 g/mol. The second kappa shape index (κ2) is 7.32. The first-order valence-corrected chi connectivity index (χ1v) is 9.36. The molecule has 0 spiro atoms. The van der Waals surface area contributed by atoms with Crippen LogP contribution in [0.1, 0.15) is 43.6 Å². The largest absolute Gasteiger partial charge is 0.342 e. The van der Waals surface area contributed by atoms with E-state index in [2.05, 4.69) is 32.5 Å². The molecule has 1 N–H and O–H groups in total. The van der Waals surface area contributed by atoms with Crippen molar-refractivity contribution >= 4 is 5.91 Å². The summed E-state index contributed by atoms with van der Waals surface area (Å²) in [7, 11) is 0. The van der Waals surface area contributed by atoms with Crippen molar-refractivity contribution in [2.45, 2.75) is 58.2 Å². The lowest BCUT2D eigenvalue weighted by Gasteiger charge is -2.19. The highest BCUT2D eigenvalue weighted by Gasteiger charge is 2.29. The van der Waals surface area contributed by atoms with Crippen molar-refractivity contribution in [1.82, 2.24) is 29.9 Å². The minimum Gasteiger partial charge on any atom is -0.342 e. The number of carbonyl (C=O) groups excluding carboxylic acids is 1. The Kier molecular flexibility index (Phi) is 4.74. The van der Waals surface area contributed by atoms with E-state index >= 15 is 0 Å². The molecule has 2 aromatic rings. The first kappa shape index (κ1) is 16.8. The number of hydrogen-bond donors (Lipinski definition) is 1. The van der Waals surface area contributed by atoms with Crippen molar-refractivity contribution in [3.8, 4) is 11.8 Å². The maximum atomic E-state index is 12.0. The lowest BCUT2D eigenvalue weighted by atomic mass is 10.0. The number of aryl methyl sites for hydroxylation is 1. The molecule has 0 aliphatic heterocycles. The molecule has 0 aromatic carbocycles. The summed E-state index contributed by atoms with van der Waals surface area (Å²) < 4.78 is 3.94. The van der Waals surface area contributed by atoms with Gasteiger partial charge < -0.3 is 9.88 Å². The molecule has 2 fully saturated rings. The zero-order chi connectivity index (χ0) is 17.9. The molecule has 0 saturated heterocycles. The molecular weight excluding hydrogens is 328 g/mol. The van der Waals surface area contributed by atoms with Crippen LogP contribution in [0.15, 0.2) is 18.6 Å². The van der Waals surface area contributed by atoms with E-state index in [-0.39, 0.29) is 11.9 Å². The Morgan fingerprint density at radius 1 is 1.35 bits per heavy atom. The number of carbonyl (C=O) groups is 1. The van der Waals surface area contributed by atoms with E-state index in [0.29, 0.717) is 18.4 Å². The first-order chi connectivity index (χ1) is 12.7. The molecule has 4 rings (SSSR count). The maximum absolute atomic E-state index is 12.0. The third-order valence-corrected chi connectivity index (χ3v) is 5.21. The summed E-state index contributed by atoms with van der Waals surface area (Å²) in [5.41, 5.74) is 0.917. The smallest absolute Gasteiger partial charge is 0.296 e. The molecule has 0 radical (unpaired) electrons. The lowest BCUT2D eigenvalue weighted by molar-refractivity contribution is -0.116. The van der Waals surface area contributed by atoms with E-state index < -0.39 is 0 Å². The summed E-state index contributed by atoms with van der Waals surface area (Å²) in [6.45, 7) is 3.42. The normalized spacial score (nSPS) is 22.0. The number of aromatic nitrogens is 5. The summed E-state index contributed by atoms with van der Waals surface area (Å²) in [5, 5.41) is 11.6. The number of hydrogen-bond acceptors (Lipinski definition) is 4. The molecule has 1 amide bonds. The Labute approximate surface area is 153 Å². The zero-order valence-corrected chi connectivity index (χ0v) is 15.1. The molecule has 2 atom stereocenters. The van der Waals surface area contributed by atoms with Gasteiger partial charge in [0.25, 0.3) is 5.91 Å². The maximum Gasteiger partial charge on any atom is 0.296 e. The van der Waals surface area contributed by atoms with Gasteiger partial charge in [0, 0.05) is 30.9 Å². The van der Waals surface area contributed by atoms with Crippen molar-refractivity contribution in [3.05, 3.63) is 30.1 Å². The summed E-state index contributed by atoms with van der Waals surface area (Å²) in [5.74, 6) is 7.43. The van der Waals surface area contributed by atoms with E-state index in [1.54, 1.807) is 6.20 Å². The van der Waals surface area contributed by atoms with Gasteiger partial charge in [0.05, 0.1) is 12.7 Å². The van der Waals surface area contributed by atoms with Gasteiger partial charge in [-0.05, 0) is 44.4 Å². The molecule has 26 heavy (non-hydrogen) atoms. The highest BCUT2D eigenvalue weighted by atomic mass is 16.1. The number of nitrogens with zero attached hydrogens (tertiary/aromatic N) is 5. The van der Waals surface area contributed by atoms with Gasteiger partial charge in [-0.3, -0.25) is 9.48 Å². The highest BCUT2D eigenvalue weighted by Crippen LogP contribution is 2.28. The van der Waals surface area contributed by atoms with Gasteiger partial charge in [0.2, 0.25) is 0 Å². The first-order valence-electron chi connectivity index (χ1n) is 9.36. The molecule has 7 nitrogen and oxygen atoms in total. The average molecular weight is 352 g/mol. The van der Waals surface area contributed by atoms with Crippen LogP contribution < -0.4 is 5.32 Å². The van der Waals surface area contributed by atoms with Crippen molar-refractivity contribution < 1.29 is 4.79 Å². The average Bonchev–Trinajstić information content (AvgIpc) is 2.96.